The summed E-state index contributed by atoms with van der Waals surface area (Å²) in [7, 11) is 0. The Morgan fingerprint density at radius 2 is 1.89 bits per heavy atom. The van der Waals surface area contributed by atoms with Gasteiger partial charge in [-0.15, -0.1) is 0 Å². The maximum atomic E-state index is 11.1. The van der Waals surface area contributed by atoms with Gasteiger partial charge in [-0.1, -0.05) is 22.4 Å². The highest BCUT2D eigenvalue weighted by molar-refractivity contribution is 9.10. The molecule has 1 aliphatic heterocycles. The lowest BCUT2D eigenvalue weighted by molar-refractivity contribution is 0.0697. The lowest BCUT2D eigenvalue weighted by atomic mass is 9.78. The van der Waals surface area contributed by atoms with E-state index in [1.807, 2.05) is 6.07 Å². The van der Waals surface area contributed by atoms with E-state index in [0.717, 1.165) is 35.1 Å². The Balaban J connectivity index is 1.87. The van der Waals surface area contributed by atoms with E-state index in [2.05, 4.69) is 20.8 Å². The molecule has 1 heterocycles. The van der Waals surface area contributed by atoms with E-state index in [9.17, 15) is 4.79 Å². The van der Waals surface area contributed by atoms with Crippen LogP contribution in [-0.4, -0.2) is 24.2 Å². The van der Waals surface area contributed by atoms with Crippen molar-refractivity contribution in [2.24, 2.45) is 11.8 Å². The number of hydrogen-bond donors (Lipinski definition) is 1. The van der Waals surface area contributed by atoms with Crippen molar-refractivity contribution >= 4 is 27.6 Å². The Bertz CT molecular complexity index is 491. The summed E-state index contributed by atoms with van der Waals surface area (Å²) in [5.41, 5.74) is 1.41. The summed E-state index contributed by atoms with van der Waals surface area (Å²) in [6, 6.07) is 5.50. The molecule has 102 valence electrons. The molecule has 1 aromatic rings. The minimum absolute atomic E-state index is 0.361. The molecule has 0 amide bonds. The fourth-order valence-electron chi connectivity index (χ4n) is 3.52. The molecule has 3 nitrogen and oxygen atoms in total. The SMILES string of the molecule is O=C(O)c1cc(Br)cc(N2CC3CCCC(C3)C2)c1. The zero-order valence-electron chi connectivity index (χ0n) is 10.8. The molecule has 0 aromatic heterocycles. The lowest BCUT2D eigenvalue weighted by Gasteiger charge is -2.42. The molecule has 1 aromatic carbocycles. The number of aromatic carboxylic acids is 1. The Kier molecular flexibility index (Phi) is 3.52. The summed E-state index contributed by atoms with van der Waals surface area (Å²) < 4.78 is 0.845. The van der Waals surface area contributed by atoms with E-state index in [0.29, 0.717) is 5.56 Å². The zero-order chi connectivity index (χ0) is 13.4. The van der Waals surface area contributed by atoms with Gasteiger partial charge in [-0.2, -0.15) is 0 Å². The predicted molar refractivity (Wildman–Crippen MR) is 78.8 cm³/mol. The number of carbonyl (C=O) groups is 1. The Hall–Kier alpha value is -1.03. The van der Waals surface area contributed by atoms with Crippen LogP contribution in [0.15, 0.2) is 22.7 Å². The molecular formula is C15H18BrNO2. The first-order chi connectivity index (χ1) is 9.11. The first kappa shape index (κ1) is 13.0. The number of anilines is 1. The minimum atomic E-state index is -0.861. The van der Waals surface area contributed by atoms with Crippen molar-refractivity contribution in [3.8, 4) is 0 Å². The third kappa shape index (κ3) is 2.78. The highest BCUT2D eigenvalue weighted by Gasteiger charge is 2.30. The molecule has 1 saturated carbocycles. The van der Waals surface area contributed by atoms with Crippen LogP contribution >= 0.6 is 15.9 Å². The van der Waals surface area contributed by atoms with Crippen molar-refractivity contribution in [2.45, 2.75) is 25.7 Å². The average Bonchev–Trinajstić information content (AvgIpc) is 2.37. The van der Waals surface area contributed by atoms with Crippen LogP contribution in [0.1, 0.15) is 36.0 Å². The number of piperidine rings is 1. The van der Waals surface area contributed by atoms with Crippen molar-refractivity contribution in [1.82, 2.24) is 0 Å². The number of fused-ring (bicyclic) bond motifs is 2. The Morgan fingerprint density at radius 1 is 1.21 bits per heavy atom. The van der Waals surface area contributed by atoms with Gasteiger partial charge in [0, 0.05) is 23.2 Å². The zero-order valence-corrected chi connectivity index (χ0v) is 12.4. The normalized spacial score (nSPS) is 26.3. The number of nitrogens with zero attached hydrogens (tertiary/aromatic N) is 1. The Labute approximate surface area is 121 Å². The van der Waals surface area contributed by atoms with Crippen LogP contribution in [0.5, 0.6) is 0 Å². The highest BCUT2D eigenvalue weighted by Crippen LogP contribution is 2.37. The summed E-state index contributed by atoms with van der Waals surface area (Å²) >= 11 is 3.42. The molecule has 2 atom stereocenters. The number of carboxylic acids is 1. The number of benzene rings is 1. The van der Waals surface area contributed by atoms with Gasteiger partial charge in [0.05, 0.1) is 5.56 Å². The molecular weight excluding hydrogens is 306 g/mol. The van der Waals surface area contributed by atoms with Gasteiger partial charge in [0.25, 0.3) is 0 Å². The summed E-state index contributed by atoms with van der Waals surface area (Å²) in [5.74, 6) is 0.722. The quantitative estimate of drug-likeness (QED) is 0.900. The van der Waals surface area contributed by atoms with Crippen LogP contribution in [0.3, 0.4) is 0 Å². The second kappa shape index (κ2) is 5.16. The van der Waals surface area contributed by atoms with Crippen LogP contribution in [-0.2, 0) is 0 Å². The predicted octanol–water partition coefficient (Wildman–Crippen LogP) is 3.77. The molecule has 1 aliphatic carbocycles. The van der Waals surface area contributed by atoms with E-state index in [-0.39, 0.29) is 0 Å². The van der Waals surface area contributed by atoms with Crippen LogP contribution in [0.2, 0.25) is 0 Å². The Morgan fingerprint density at radius 3 is 2.53 bits per heavy atom. The molecule has 0 spiro atoms. The van der Waals surface area contributed by atoms with Gasteiger partial charge >= 0.3 is 5.97 Å². The number of hydrogen-bond acceptors (Lipinski definition) is 2. The maximum Gasteiger partial charge on any atom is 0.335 e. The molecule has 2 fully saturated rings. The van der Waals surface area contributed by atoms with E-state index in [1.165, 1.54) is 25.7 Å². The third-order valence-electron chi connectivity index (χ3n) is 4.34. The molecule has 4 heteroatoms. The summed E-state index contributed by atoms with van der Waals surface area (Å²) in [4.78, 5) is 13.5. The fourth-order valence-corrected chi connectivity index (χ4v) is 4.00. The van der Waals surface area contributed by atoms with Crippen LogP contribution < -0.4 is 4.90 Å². The molecule has 2 bridgehead atoms. The van der Waals surface area contributed by atoms with Crippen LogP contribution in [0, 0.1) is 11.8 Å². The number of rotatable bonds is 2. The summed E-state index contributed by atoms with van der Waals surface area (Å²) in [5, 5.41) is 9.15. The molecule has 1 N–H and O–H groups in total. The maximum absolute atomic E-state index is 11.1. The van der Waals surface area contributed by atoms with Crippen molar-refractivity contribution in [1.29, 1.82) is 0 Å². The van der Waals surface area contributed by atoms with Gasteiger partial charge < -0.3 is 10.0 Å². The van der Waals surface area contributed by atoms with Gasteiger partial charge in [-0.3, -0.25) is 0 Å². The lowest BCUT2D eigenvalue weighted by Crippen LogP contribution is -2.42. The van der Waals surface area contributed by atoms with Crippen LogP contribution in [0.25, 0.3) is 0 Å². The molecule has 1 saturated heterocycles. The molecule has 3 rings (SSSR count). The standard InChI is InChI=1S/C15H18BrNO2/c16-13-5-12(15(18)19)6-14(7-13)17-8-10-2-1-3-11(4-10)9-17/h5-7,10-11H,1-4,8-9H2,(H,18,19). The van der Waals surface area contributed by atoms with Crippen LogP contribution in [0.4, 0.5) is 5.69 Å². The van der Waals surface area contributed by atoms with Gasteiger partial charge in [0.15, 0.2) is 0 Å². The first-order valence-electron chi connectivity index (χ1n) is 6.90. The second-order valence-corrected chi connectivity index (χ2v) is 6.72. The average molecular weight is 324 g/mol. The summed E-state index contributed by atoms with van der Waals surface area (Å²) in [6.07, 6.45) is 5.37. The number of halogens is 1. The van der Waals surface area contributed by atoms with E-state index in [4.69, 9.17) is 5.11 Å². The molecule has 2 aliphatic rings. The summed E-state index contributed by atoms with van der Waals surface area (Å²) in [6.45, 7) is 2.15. The second-order valence-electron chi connectivity index (χ2n) is 5.81. The van der Waals surface area contributed by atoms with E-state index >= 15 is 0 Å². The van der Waals surface area contributed by atoms with E-state index < -0.39 is 5.97 Å². The minimum Gasteiger partial charge on any atom is -0.478 e. The monoisotopic (exact) mass is 323 g/mol. The molecule has 19 heavy (non-hydrogen) atoms. The smallest absolute Gasteiger partial charge is 0.335 e. The largest absolute Gasteiger partial charge is 0.478 e. The van der Waals surface area contributed by atoms with Gasteiger partial charge in [-0.25, -0.2) is 4.79 Å². The van der Waals surface area contributed by atoms with Gasteiger partial charge in [-0.05, 0) is 49.3 Å². The van der Waals surface area contributed by atoms with Gasteiger partial charge in [0.2, 0.25) is 0 Å². The first-order valence-corrected chi connectivity index (χ1v) is 7.70. The van der Waals surface area contributed by atoms with Crippen molar-refractivity contribution < 1.29 is 9.90 Å². The highest BCUT2D eigenvalue weighted by atomic mass is 79.9. The number of carboxylic acid groups (broad SMARTS) is 1. The molecule has 2 unspecified atom stereocenters. The fraction of sp³-hybridized carbons (Fsp3) is 0.533. The molecule has 0 radical (unpaired) electrons. The van der Waals surface area contributed by atoms with E-state index in [1.54, 1.807) is 12.1 Å². The topological polar surface area (TPSA) is 40.5 Å². The van der Waals surface area contributed by atoms with Crippen molar-refractivity contribution in [3.63, 3.8) is 0 Å². The van der Waals surface area contributed by atoms with Crippen molar-refractivity contribution in [3.05, 3.63) is 28.2 Å². The van der Waals surface area contributed by atoms with Gasteiger partial charge in [0.1, 0.15) is 0 Å². The third-order valence-corrected chi connectivity index (χ3v) is 4.80. The van der Waals surface area contributed by atoms with Crippen molar-refractivity contribution in [2.75, 3.05) is 18.0 Å².